The van der Waals surface area contributed by atoms with Gasteiger partial charge >= 0.3 is 0 Å². The van der Waals surface area contributed by atoms with Gasteiger partial charge in [0.15, 0.2) is 6.10 Å². The molecule has 2 heterocycles. The number of rotatable bonds is 2. The number of carbonyl (C=O) groups is 2. The molecule has 1 spiro atoms. The van der Waals surface area contributed by atoms with Gasteiger partial charge in [-0.25, -0.2) is 0 Å². The molecule has 2 saturated heterocycles. The highest BCUT2D eigenvalue weighted by atomic mass is 35.5. The van der Waals surface area contributed by atoms with Crippen molar-refractivity contribution in [2.75, 3.05) is 26.7 Å². The summed E-state index contributed by atoms with van der Waals surface area (Å²) in [5, 5.41) is 10.9. The molecular weight excluding hydrogens is 328 g/mol. The lowest BCUT2D eigenvalue weighted by molar-refractivity contribution is -0.146. The van der Waals surface area contributed by atoms with E-state index in [0.717, 1.165) is 25.8 Å². The number of hydrogen-bond acceptors (Lipinski definition) is 3. The van der Waals surface area contributed by atoms with Crippen LogP contribution in [0.1, 0.15) is 37.4 Å². The molecule has 2 aliphatic rings. The molecule has 5 nitrogen and oxygen atoms in total. The molecule has 0 radical (unpaired) electrons. The Kier molecular flexibility index (Phi) is 4.83. The maximum atomic E-state index is 12.5. The fourth-order valence-electron chi connectivity index (χ4n) is 3.80. The number of hydrogen-bond donors (Lipinski definition) is 1. The van der Waals surface area contributed by atoms with Crippen molar-refractivity contribution in [3.63, 3.8) is 0 Å². The number of aliphatic hydroxyl groups is 1. The number of amides is 2. The van der Waals surface area contributed by atoms with Gasteiger partial charge in [-0.1, -0.05) is 23.7 Å². The van der Waals surface area contributed by atoms with E-state index in [1.165, 1.54) is 0 Å². The van der Waals surface area contributed by atoms with Gasteiger partial charge in [-0.2, -0.15) is 0 Å². The summed E-state index contributed by atoms with van der Waals surface area (Å²) in [5.74, 6) is -0.0512. The molecule has 0 aromatic heterocycles. The van der Waals surface area contributed by atoms with Gasteiger partial charge in [0.1, 0.15) is 0 Å². The summed E-state index contributed by atoms with van der Waals surface area (Å²) in [7, 11) is 1.85. The molecule has 1 aromatic carbocycles. The van der Waals surface area contributed by atoms with Crippen LogP contribution < -0.4 is 0 Å². The smallest absolute Gasteiger partial charge is 0.256 e. The van der Waals surface area contributed by atoms with E-state index in [4.69, 9.17) is 11.6 Å². The van der Waals surface area contributed by atoms with Crippen molar-refractivity contribution in [1.29, 1.82) is 0 Å². The molecular formula is C18H23ClN2O3. The largest absolute Gasteiger partial charge is 0.378 e. The van der Waals surface area contributed by atoms with Gasteiger partial charge in [-0.3, -0.25) is 9.59 Å². The molecule has 24 heavy (non-hydrogen) atoms. The van der Waals surface area contributed by atoms with Gasteiger partial charge in [-0.05, 0) is 42.4 Å². The number of carbonyl (C=O) groups excluding carboxylic acids is 2. The molecule has 0 bridgehead atoms. The van der Waals surface area contributed by atoms with Gasteiger partial charge in [0.05, 0.1) is 0 Å². The predicted molar refractivity (Wildman–Crippen MR) is 91.5 cm³/mol. The van der Waals surface area contributed by atoms with E-state index in [1.54, 1.807) is 29.2 Å². The van der Waals surface area contributed by atoms with E-state index in [9.17, 15) is 14.7 Å². The Balaban J connectivity index is 1.61. The molecule has 130 valence electrons. The van der Waals surface area contributed by atoms with Crippen molar-refractivity contribution in [3.05, 3.63) is 34.9 Å². The summed E-state index contributed by atoms with van der Waals surface area (Å²) in [6, 6.07) is 6.71. The highest BCUT2D eigenvalue weighted by Gasteiger charge is 2.41. The molecule has 2 aliphatic heterocycles. The second kappa shape index (κ2) is 6.73. The Morgan fingerprint density at radius 1 is 1.21 bits per heavy atom. The van der Waals surface area contributed by atoms with E-state index in [0.29, 0.717) is 30.1 Å². The number of halogens is 1. The molecule has 1 N–H and O–H groups in total. The fraction of sp³-hybridized carbons (Fsp3) is 0.556. The minimum absolute atomic E-state index is 0.130. The van der Waals surface area contributed by atoms with Crippen LogP contribution >= 0.6 is 11.6 Å². The SMILES string of the molecule is CN1CC2(CCC1=O)CCN(C(=O)[C@@H](O)c1ccc(Cl)cc1)CC2. The molecule has 6 heteroatoms. The lowest BCUT2D eigenvalue weighted by atomic mass is 9.72. The topological polar surface area (TPSA) is 60.9 Å². The van der Waals surface area contributed by atoms with Crippen LogP contribution in [0.25, 0.3) is 0 Å². The van der Waals surface area contributed by atoms with E-state index in [-0.39, 0.29) is 17.2 Å². The number of piperidine rings is 2. The summed E-state index contributed by atoms with van der Waals surface area (Å²) in [6.07, 6.45) is 2.11. The lowest BCUT2D eigenvalue weighted by Crippen LogP contribution is -2.51. The van der Waals surface area contributed by atoms with E-state index in [2.05, 4.69) is 0 Å². The summed E-state index contributed by atoms with van der Waals surface area (Å²) < 4.78 is 0. The fourth-order valence-corrected chi connectivity index (χ4v) is 3.93. The molecule has 3 rings (SSSR count). The molecule has 2 amide bonds. The maximum absolute atomic E-state index is 12.5. The van der Waals surface area contributed by atoms with Gasteiger partial charge < -0.3 is 14.9 Å². The Labute approximate surface area is 147 Å². The first kappa shape index (κ1) is 17.2. The van der Waals surface area contributed by atoms with Crippen molar-refractivity contribution in [3.8, 4) is 0 Å². The Bertz CT molecular complexity index is 624. The van der Waals surface area contributed by atoms with Crippen molar-refractivity contribution < 1.29 is 14.7 Å². The number of aliphatic hydroxyl groups excluding tert-OH is 1. The third-order valence-electron chi connectivity index (χ3n) is 5.42. The summed E-state index contributed by atoms with van der Waals surface area (Å²) in [5.41, 5.74) is 0.692. The molecule has 1 aromatic rings. The van der Waals surface area contributed by atoms with E-state index >= 15 is 0 Å². The first-order chi connectivity index (χ1) is 11.4. The normalized spacial score (nSPS) is 21.9. The minimum Gasteiger partial charge on any atom is -0.378 e. The Morgan fingerprint density at radius 3 is 2.42 bits per heavy atom. The van der Waals surface area contributed by atoms with Crippen LogP contribution in [0.3, 0.4) is 0 Å². The van der Waals surface area contributed by atoms with Crippen LogP contribution in [0.15, 0.2) is 24.3 Å². The highest BCUT2D eigenvalue weighted by Crippen LogP contribution is 2.40. The quantitative estimate of drug-likeness (QED) is 0.889. The first-order valence-electron chi connectivity index (χ1n) is 8.37. The lowest BCUT2D eigenvalue weighted by Gasteiger charge is -2.46. The zero-order valence-corrected chi connectivity index (χ0v) is 14.6. The summed E-state index contributed by atoms with van der Waals surface area (Å²) in [4.78, 5) is 27.8. The van der Waals surface area contributed by atoms with Crippen molar-refractivity contribution >= 4 is 23.4 Å². The standard InChI is InChI=1S/C18H23ClN2O3/c1-20-12-18(7-6-15(20)22)8-10-21(11-9-18)17(24)16(23)13-2-4-14(19)5-3-13/h2-5,16,23H,6-12H2,1H3/t16-/m0/s1. The monoisotopic (exact) mass is 350 g/mol. The van der Waals surface area contributed by atoms with Crippen LogP contribution in [0.5, 0.6) is 0 Å². The zero-order valence-electron chi connectivity index (χ0n) is 13.9. The van der Waals surface area contributed by atoms with Crippen LogP contribution in [-0.2, 0) is 9.59 Å². The third-order valence-corrected chi connectivity index (χ3v) is 5.67. The Hall–Kier alpha value is -1.59. The van der Waals surface area contributed by atoms with Crippen LogP contribution in [0, 0.1) is 5.41 Å². The van der Waals surface area contributed by atoms with E-state index < -0.39 is 6.10 Å². The maximum Gasteiger partial charge on any atom is 0.256 e. The molecule has 2 fully saturated rings. The second-order valence-corrected chi connectivity index (χ2v) is 7.47. The molecule has 0 unspecified atom stereocenters. The van der Waals surface area contributed by atoms with Crippen LogP contribution in [0.2, 0.25) is 5.02 Å². The summed E-state index contributed by atoms with van der Waals surface area (Å²) in [6.45, 7) is 2.03. The van der Waals surface area contributed by atoms with Crippen molar-refractivity contribution in [1.82, 2.24) is 9.80 Å². The van der Waals surface area contributed by atoms with Gasteiger partial charge in [0, 0.05) is 38.1 Å². The molecule has 0 aliphatic carbocycles. The van der Waals surface area contributed by atoms with Crippen LogP contribution in [-0.4, -0.2) is 53.4 Å². The zero-order chi connectivity index (χ0) is 17.3. The number of nitrogens with zero attached hydrogens (tertiary/aromatic N) is 2. The van der Waals surface area contributed by atoms with Crippen molar-refractivity contribution in [2.24, 2.45) is 5.41 Å². The molecule has 0 saturated carbocycles. The average molecular weight is 351 g/mol. The van der Waals surface area contributed by atoms with E-state index in [1.807, 2.05) is 11.9 Å². The number of benzene rings is 1. The number of likely N-dealkylation sites (tertiary alicyclic amines) is 2. The predicted octanol–water partition coefficient (Wildman–Crippen LogP) is 2.23. The van der Waals surface area contributed by atoms with Gasteiger partial charge in [0.2, 0.25) is 5.91 Å². The average Bonchev–Trinajstić information content (AvgIpc) is 2.59. The Morgan fingerprint density at radius 2 is 1.83 bits per heavy atom. The van der Waals surface area contributed by atoms with Crippen molar-refractivity contribution in [2.45, 2.75) is 31.8 Å². The molecule has 1 atom stereocenters. The summed E-state index contributed by atoms with van der Waals surface area (Å²) >= 11 is 5.84. The van der Waals surface area contributed by atoms with Crippen LogP contribution in [0.4, 0.5) is 0 Å². The third kappa shape index (κ3) is 3.42. The van der Waals surface area contributed by atoms with Gasteiger partial charge in [-0.15, -0.1) is 0 Å². The second-order valence-electron chi connectivity index (χ2n) is 7.03. The van der Waals surface area contributed by atoms with Gasteiger partial charge in [0.25, 0.3) is 5.91 Å². The first-order valence-corrected chi connectivity index (χ1v) is 8.74. The minimum atomic E-state index is -1.15. The highest BCUT2D eigenvalue weighted by molar-refractivity contribution is 6.30.